The molecule has 2 saturated heterocycles. The van der Waals surface area contributed by atoms with Crippen LogP contribution in [0.25, 0.3) is 0 Å². The van der Waals surface area contributed by atoms with Crippen LogP contribution in [0.15, 0.2) is 6.07 Å². The predicted molar refractivity (Wildman–Crippen MR) is 124 cm³/mol. The molecule has 4 nitrogen and oxygen atoms in total. The third-order valence-corrected chi connectivity index (χ3v) is 10.8. The molecule has 0 N–H and O–H groups in total. The molecule has 7 heteroatoms. The highest BCUT2D eigenvalue weighted by molar-refractivity contribution is 8.18. The quantitative estimate of drug-likeness (QED) is 0.521. The van der Waals surface area contributed by atoms with E-state index < -0.39 is 5.60 Å². The lowest BCUT2D eigenvalue weighted by molar-refractivity contribution is -0.111. The van der Waals surface area contributed by atoms with Gasteiger partial charge in [0, 0.05) is 28.8 Å². The normalized spacial score (nSPS) is 29.1. The van der Waals surface area contributed by atoms with Gasteiger partial charge in [-0.05, 0) is 70.1 Å². The van der Waals surface area contributed by atoms with Crippen LogP contribution in [-0.2, 0) is 25.6 Å². The monoisotopic (exact) mass is 455 g/mol. The number of carbonyl (C=O) groups is 1. The van der Waals surface area contributed by atoms with Gasteiger partial charge in [-0.2, -0.15) is 0 Å². The van der Waals surface area contributed by atoms with Crippen LogP contribution in [0, 0.1) is 0 Å². The summed E-state index contributed by atoms with van der Waals surface area (Å²) in [6, 6.07) is 2.56. The molecule has 3 aliphatic rings. The van der Waals surface area contributed by atoms with Crippen LogP contribution in [0.2, 0.25) is 0 Å². The zero-order valence-electron chi connectivity index (χ0n) is 18.2. The van der Waals surface area contributed by atoms with Gasteiger partial charge in [-0.25, -0.2) is 4.79 Å². The summed E-state index contributed by atoms with van der Waals surface area (Å²) in [6.45, 7) is 11.6. The predicted octanol–water partition coefficient (Wildman–Crippen LogP) is 5.98. The zero-order valence-corrected chi connectivity index (χ0v) is 20.7. The summed E-state index contributed by atoms with van der Waals surface area (Å²) >= 11 is 6.09. The minimum Gasteiger partial charge on any atom is -0.444 e. The second-order valence-electron chi connectivity index (χ2n) is 9.37. The maximum absolute atomic E-state index is 12.7. The van der Waals surface area contributed by atoms with Gasteiger partial charge in [0.15, 0.2) is 0 Å². The van der Waals surface area contributed by atoms with Gasteiger partial charge in [0.1, 0.15) is 15.3 Å². The average Bonchev–Trinajstić information content (AvgIpc) is 3.12. The largest absolute Gasteiger partial charge is 0.444 e. The Bertz CT molecular complexity index is 766. The van der Waals surface area contributed by atoms with E-state index >= 15 is 0 Å². The fraction of sp³-hybridized carbons (Fsp3) is 0.773. The van der Waals surface area contributed by atoms with E-state index in [1.807, 2.05) is 37.0 Å². The first-order valence-electron chi connectivity index (χ1n) is 10.7. The van der Waals surface area contributed by atoms with E-state index in [-0.39, 0.29) is 21.8 Å². The van der Waals surface area contributed by atoms with E-state index in [1.54, 1.807) is 0 Å². The molecule has 0 bridgehead atoms. The lowest BCUT2D eigenvalue weighted by atomic mass is 9.82. The number of thiophene rings is 1. The lowest BCUT2D eigenvalue weighted by Crippen LogP contribution is -2.54. The Kier molecular flexibility index (Phi) is 5.99. The number of amides is 1. The van der Waals surface area contributed by atoms with Gasteiger partial charge in [0.2, 0.25) is 0 Å². The van der Waals surface area contributed by atoms with Gasteiger partial charge in [-0.3, -0.25) is 0 Å². The topological polar surface area (TPSA) is 38.8 Å². The Balaban J connectivity index is 1.61. The number of likely N-dealkylation sites (tertiary alicyclic amines) is 1. The molecule has 2 fully saturated rings. The lowest BCUT2D eigenvalue weighted by Gasteiger charge is -2.51. The maximum Gasteiger partial charge on any atom is 0.410 e. The third-order valence-electron chi connectivity index (χ3n) is 6.00. The summed E-state index contributed by atoms with van der Waals surface area (Å²) in [4.78, 5) is 17.5. The molecule has 0 aromatic carbocycles. The molecule has 0 unspecified atom stereocenters. The molecule has 1 aromatic heterocycles. The molecule has 0 radical (unpaired) electrons. The van der Waals surface area contributed by atoms with Gasteiger partial charge >= 0.3 is 6.09 Å². The van der Waals surface area contributed by atoms with Crippen LogP contribution in [0.4, 0.5) is 4.79 Å². The van der Waals surface area contributed by atoms with E-state index in [0.29, 0.717) is 6.54 Å². The molecule has 2 spiro atoms. The van der Waals surface area contributed by atoms with Crippen LogP contribution < -0.4 is 0 Å². The summed E-state index contributed by atoms with van der Waals surface area (Å²) in [7, 11) is 0. The highest BCUT2D eigenvalue weighted by Crippen LogP contribution is 2.60. The number of thioether (sulfide) groups is 2. The van der Waals surface area contributed by atoms with Gasteiger partial charge in [0.25, 0.3) is 0 Å². The van der Waals surface area contributed by atoms with Gasteiger partial charge < -0.3 is 14.4 Å². The Morgan fingerprint density at radius 3 is 2.69 bits per heavy atom. The minimum atomic E-state index is -0.466. The van der Waals surface area contributed by atoms with E-state index in [2.05, 4.69) is 43.4 Å². The van der Waals surface area contributed by atoms with Crippen LogP contribution >= 0.6 is 34.9 Å². The van der Waals surface area contributed by atoms with Crippen molar-refractivity contribution in [3.05, 3.63) is 21.4 Å². The van der Waals surface area contributed by atoms with Crippen molar-refractivity contribution >= 4 is 41.0 Å². The molecular formula is C22H33NO3S3. The molecule has 162 valence electrons. The van der Waals surface area contributed by atoms with E-state index in [9.17, 15) is 4.79 Å². The number of aryl methyl sites for hydroxylation is 1. The minimum absolute atomic E-state index is 0.0638. The Morgan fingerprint density at radius 2 is 2.07 bits per heavy atom. The molecule has 1 aromatic rings. The van der Waals surface area contributed by atoms with Crippen LogP contribution in [0.5, 0.6) is 0 Å². The SMILES string of the molecule is CCc1cc2c(s1)[C@]1(CCN(C(=O)OC(C)(C)C)[C@@H](C)C1)OCC21SCCCS1. The molecular weight excluding hydrogens is 422 g/mol. The van der Waals surface area contributed by atoms with Crippen molar-refractivity contribution in [2.75, 3.05) is 24.7 Å². The number of nitrogens with zero attached hydrogens (tertiary/aromatic N) is 1. The average molecular weight is 456 g/mol. The number of hydrogen-bond donors (Lipinski definition) is 0. The Morgan fingerprint density at radius 1 is 1.34 bits per heavy atom. The van der Waals surface area contributed by atoms with Crippen molar-refractivity contribution in [3.8, 4) is 0 Å². The second kappa shape index (κ2) is 7.95. The van der Waals surface area contributed by atoms with Gasteiger partial charge in [0.05, 0.1) is 6.61 Å². The van der Waals surface area contributed by atoms with Crippen molar-refractivity contribution in [1.82, 2.24) is 4.90 Å². The smallest absolute Gasteiger partial charge is 0.410 e. The highest BCUT2D eigenvalue weighted by atomic mass is 32.2. The summed E-state index contributed by atoms with van der Waals surface area (Å²) in [6.07, 6.45) is 3.84. The maximum atomic E-state index is 12.7. The molecule has 1 amide bonds. The number of rotatable bonds is 1. The van der Waals surface area contributed by atoms with Crippen molar-refractivity contribution in [3.63, 3.8) is 0 Å². The van der Waals surface area contributed by atoms with Crippen LogP contribution in [0.3, 0.4) is 0 Å². The first kappa shape index (κ1) is 21.8. The fourth-order valence-electron chi connectivity index (χ4n) is 4.57. The summed E-state index contributed by atoms with van der Waals surface area (Å²) < 4.78 is 12.5. The molecule has 4 rings (SSSR count). The molecule has 29 heavy (non-hydrogen) atoms. The molecule has 2 atom stereocenters. The second-order valence-corrected chi connectivity index (χ2v) is 13.6. The fourth-order valence-corrected chi connectivity index (χ4v) is 9.22. The summed E-state index contributed by atoms with van der Waals surface area (Å²) in [5.41, 5.74) is 0.791. The van der Waals surface area contributed by atoms with E-state index in [0.717, 1.165) is 25.9 Å². The molecule has 0 saturated carbocycles. The molecule has 0 aliphatic carbocycles. The summed E-state index contributed by atoms with van der Waals surface area (Å²) in [5, 5.41) is 0. The van der Waals surface area contributed by atoms with Crippen molar-refractivity contribution in [2.24, 2.45) is 0 Å². The number of fused-ring (bicyclic) bond motifs is 3. The Hall–Kier alpha value is -0.370. The van der Waals surface area contributed by atoms with Crippen molar-refractivity contribution < 1.29 is 14.3 Å². The number of piperidine rings is 1. The zero-order chi connectivity index (χ0) is 20.9. The third kappa shape index (κ3) is 4.09. The highest BCUT2D eigenvalue weighted by Gasteiger charge is 2.53. The standard InChI is InChI=1S/C22H33NO3S3/c1-6-16-12-17-18(29-16)21(25-14-22(17)27-10-7-11-28-22)8-9-23(15(2)13-21)19(24)26-20(3,4)5/h12,15H,6-11,13-14H2,1-5H3/t15-,21+/m0/s1. The van der Waals surface area contributed by atoms with E-state index in [4.69, 9.17) is 9.47 Å². The number of carbonyl (C=O) groups excluding carboxylic acids is 1. The van der Waals surface area contributed by atoms with Gasteiger partial charge in [-0.1, -0.05) is 6.92 Å². The van der Waals surface area contributed by atoms with Gasteiger partial charge in [-0.15, -0.1) is 34.9 Å². The first-order chi connectivity index (χ1) is 13.7. The number of ether oxygens (including phenoxy) is 2. The first-order valence-corrected chi connectivity index (χ1v) is 13.5. The van der Waals surface area contributed by atoms with Crippen molar-refractivity contribution in [2.45, 2.75) is 81.6 Å². The van der Waals surface area contributed by atoms with Crippen LogP contribution in [-0.4, -0.2) is 47.3 Å². The molecule has 4 heterocycles. The van der Waals surface area contributed by atoms with E-state index in [1.165, 1.54) is 33.2 Å². The number of hydrogen-bond acceptors (Lipinski definition) is 6. The van der Waals surface area contributed by atoms with Crippen molar-refractivity contribution in [1.29, 1.82) is 0 Å². The molecule has 3 aliphatic heterocycles. The van der Waals surface area contributed by atoms with Crippen LogP contribution in [0.1, 0.15) is 69.2 Å². The summed E-state index contributed by atoms with van der Waals surface area (Å²) in [5.74, 6) is 2.42. The Labute approximate surface area is 187 Å².